The molecule has 8 heteroatoms. The minimum Gasteiger partial charge on any atom is -0.378 e. The SMILES string of the molecule is O=C(c1nc(N2CCOCC2)ncc1Cl)N1CCC[C@@H]1c1ccsc1. The fraction of sp³-hybridized carbons (Fsp3) is 0.471. The topological polar surface area (TPSA) is 58.6 Å². The highest BCUT2D eigenvalue weighted by Gasteiger charge is 2.33. The molecule has 0 aliphatic carbocycles. The van der Waals surface area contributed by atoms with Crippen molar-refractivity contribution in [2.24, 2.45) is 0 Å². The lowest BCUT2D eigenvalue weighted by Crippen LogP contribution is -2.38. The first-order valence-corrected chi connectivity index (χ1v) is 9.74. The van der Waals surface area contributed by atoms with Crippen LogP contribution < -0.4 is 4.90 Å². The Hall–Kier alpha value is -1.70. The fourth-order valence-corrected chi connectivity index (χ4v) is 4.26. The molecular formula is C17H19ClN4O2S. The van der Waals surface area contributed by atoms with Crippen LogP contribution in [0.15, 0.2) is 23.0 Å². The van der Waals surface area contributed by atoms with Gasteiger partial charge in [-0.25, -0.2) is 9.97 Å². The number of hydrogen-bond donors (Lipinski definition) is 0. The molecule has 2 saturated heterocycles. The minimum absolute atomic E-state index is 0.108. The maximum Gasteiger partial charge on any atom is 0.274 e. The summed E-state index contributed by atoms with van der Waals surface area (Å²) in [5.74, 6) is 0.429. The van der Waals surface area contributed by atoms with Crippen molar-refractivity contribution in [1.29, 1.82) is 0 Å². The summed E-state index contributed by atoms with van der Waals surface area (Å²) in [7, 11) is 0. The zero-order valence-corrected chi connectivity index (χ0v) is 15.3. The second-order valence-electron chi connectivity index (χ2n) is 6.18. The van der Waals surface area contributed by atoms with Crippen molar-refractivity contribution in [3.63, 3.8) is 0 Å². The number of thiophene rings is 1. The number of ether oxygens (including phenoxy) is 1. The average molecular weight is 379 g/mol. The maximum absolute atomic E-state index is 13.1. The maximum atomic E-state index is 13.1. The number of amides is 1. The molecule has 1 atom stereocenters. The number of hydrogen-bond acceptors (Lipinski definition) is 6. The van der Waals surface area contributed by atoms with Gasteiger partial charge in [0.1, 0.15) is 0 Å². The smallest absolute Gasteiger partial charge is 0.274 e. The molecule has 2 aliphatic rings. The summed E-state index contributed by atoms with van der Waals surface area (Å²) in [6, 6.07) is 2.19. The van der Waals surface area contributed by atoms with Crippen LogP contribution in [0, 0.1) is 0 Å². The summed E-state index contributed by atoms with van der Waals surface area (Å²) in [6.45, 7) is 3.45. The molecular weight excluding hydrogens is 360 g/mol. The Kier molecular flexibility index (Phi) is 4.87. The lowest BCUT2D eigenvalue weighted by molar-refractivity contribution is 0.0730. The molecule has 132 valence electrons. The summed E-state index contributed by atoms with van der Waals surface area (Å²) >= 11 is 7.92. The van der Waals surface area contributed by atoms with Gasteiger partial charge in [-0.05, 0) is 35.2 Å². The van der Waals surface area contributed by atoms with Crippen LogP contribution in [0.5, 0.6) is 0 Å². The van der Waals surface area contributed by atoms with Crippen LogP contribution in [0.3, 0.4) is 0 Å². The lowest BCUT2D eigenvalue weighted by atomic mass is 10.1. The predicted octanol–water partition coefficient (Wildman–Crippen LogP) is 3.01. The van der Waals surface area contributed by atoms with Gasteiger partial charge in [0.15, 0.2) is 5.69 Å². The summed E-state index contributed by atoms with van der Waals surface area (Å²) in [5.41, 5.74) is 1.48. The summed E-state index contributed by atoms with van der Waals surface area (Å²) in [5, 5.41) is 4.46. The normalized spacial score (nSPS) is 20.9. The Morgan fingerprint density at radius 1 is 1.32 bits per heavy atom. The van der Waals surface area contributed by atoms with Gasteiger partial charge in [-0.1, -0.05) is 11.6 Å². The number of rotatable bonds is 3. The van der Waals surface area contributed by atoms with Crippen LogP contribution in [0.25, 0.3) is 0 Å². The van der Waals surface area contributed by atoms with E-state index >= 15 is 0 Å². The number of nitrogens with zero attached hydrogens (tertiary/aromatic N) is 4. The highest BCUT2D eigenvalue weighted by molar-refractivity contribution is 7.08. The van der Waals surface area contributed by atoms with Gasteiger partial charge in [0.25, 0.3) is 5.91 Å². The standard InChI is InChI=1S/C17H19ClN4O2S/c18-13-10-19-17(21-5-7-24-8-6-21)20-15(13)16(23)22-4-1-2-14(22)12-3-9-25-11-12/h3,9-11,14H,1-2,4-8H2/t14-/m1/s1. The van der Waals surface area contributed by atoms with E-state index in [-0.39, 0.29) is 11.9 Å². The molecule has 0 spiro atoms. The monoisotopic (exact) mass is 378 g/mol. The van der Waals surface area contributed by atoms with E-state index < -0.39 is 0 Å². The lowest BCUT2D eigenvalue weighted by Gasteiger charge is -2.28. The molecule has 25 heavy (non-hydrogen) atoms. The first-order valence-electron chi connectivity index (χ1n) is 8.42. The van der Waals surface area contributed by atoms with Gasteiger partial charge in [0.05, 0.1) is 30.5 Å². The van der Waals surface area contributed by atoms with E-state index in [1.807, 2.05) is 15.2 Å². The van der Waals surface area contributed by atoms with Crippen molar-refractivity contribution >= 4 is 34.8 Å². The van der Waals surface area contributed by atoms with Crippen molar-refractivity contribution in [2.75, 3.05) is 37.7 Å². The zero-order valence-electron chi connectivity index (χ0n) is 13.7. The van der Waals surface area contributed by atoms with Gasteiger partial charge in [-0.15, -0.1) is 0 Å². The third-order valence-corrected chi connectivity index (χ3v) is 5.65. The van der Waals surface area contributed by atoms with Gasteiger partial charge in [0.2, 0.25) is 5.95 Å². The summed E-state index contributed by atoms with van der Waals surface area (Å²) in [6.07, 6.45) is 3.50. The van der Waals surface area contributed by atoms with E-state index in [0.29, 0.717) is 29.9 Å². The van der Waals surface area contributed by atoms with Crippen LogP contribution in [-0.2, 0) is 4.74 Å². The average Bonchev–Trinajstić information content (AvgIpc) is 3.33. The Morgan fingerprint density at radius 2 is 2.16 bits per heavy atom. The van der Waals surface area contributed by atoms with Crippen molar-refractivity contribution in [1.82, 2.24) is 14.9 Å². The van der Waals surface area contributed by atoms with Gasteiger partial charge in [-0.2, -0.15) is 11.3 Å². The second kappa shape index (κ2) is 7.27. The third kappa shape index (κ3) is 3.36. The number of aromatic nitrogens is 2. The predicted molar refractivity (Wildman–Crippen MR) is 97.4 cm³/mol. The molecule has 4 heterocycles. The molecule has 2 aromatic heterocycles. The van der Waals surface area contributed by atoms with Crippen LogP contribution in [0.2, 0.25) is 5.02 Å². The molecule has 2 aromatic rings. The summed E-state index contributed by atoms with van der Waals surface area (Å²) < 4.78 is 5.36. The molecule has 0 N–H and O–H groups in total. The van der Waals surface area contributed by atoms with E-state index in [0.717, 1.165) is 32.5 Å². The highest BCUT2D eigenvalue weighted by Crippen LogP contribution is 2.34. The van der Waals surface area contributed by atoms with Crippen molar-refractivity contribution in [2.45, 2.75) is 18.9 Å². The van der Waals surface area contributed by atoms with Gasteiger partial charge < -0.3 is 14.5 Å². The molecule has 4 rings (SSSR count). The third-order valence-electron chi connectivity index (χ3n) is 4.67. The molecule has 2 aliphatic heterocycles. The number of likely N-dealkylation sites (tertiary alicyclic amines) is 1. The first kappa shape index (κ1) is 16.8. The van der Waals surface area contributed by atoms with E-state index in [2.05, 4.69) is 21.4 Å². The largest absolute Gasteiger partial charge is 0.378 e. The van der Waals surface area contributed by atoms with E-state index in [4.69, 9.17) is 16.3 Å². The van der Waals surface area contributed by atoms with Crippen LogP contribution >= 0.6 is 22.9 Å². The van der Waals surface area contributed by atoms with Crippen molar-refractivity contribution in [3.05, 3.63) is 39.3 Å². The number of carbonyl (C=O) groups is 1. The van der Waals surface area contributed by atoms with E-state index in [9.17, 15) is 4.79 Å². The Labute approximate surface area is 155 Å². The second-order valence-corrected chi connectivity index (χ2v) is 7.37. The van der Waals surface area contributed by atoms with Gasteiger partial charge >= 0.3 is 0 Å². The van der Waals surface area contributed by atoms with E-state index in [1.165, 1.54) is 11.8 Å². The van der Waals surface area contributed by atoms with Crippen molar-refractivity contribution < 1.29 is 9.53 Å². The highest BCUT2D eigenvalue weighted by atomic mass is 35.5. The molecule has 0 aromatic carbocycles. The quantitative estimate of drug-likeness (QED) is 0.821. The molecule has 6 nitrogen and oxygen atoms in total. The molecule has 2 fully saturated rings. The van der Waals surface area contributed by atoms with Gasteiger partial charge in [-0.3, -0.25) is 4.79 Å². The molecule has 0 radical (unpaired) electrons. The molecule has 1 amide bonds. The fourth-order valence-electron chi connectivity index (χ4n) is 3.38. The number of halogens is 1. The molecule has 0 bridgehead atoms. The Morgan fingerprint density at radius 3 is 2.92 bits per heavy atom. The van der Waals surface area contributed by atoms with E-state index in [1.54, 1.807) is 11.3 Å². The zero-order chi connectivity index (χ0) is 17.2. The van der Waals surface area contributed by atoms with Crippen LogP contribution in [-0.4, -0.2) is 53.6 Å². The minimum atomic E-state index is -0.115. The molecule has 0 unspecified atom stereocenters. The Bertz CT molecular complexity index is 749. The van der Waals surface area contributed by atoms with Crippen molar-refractivity contribution in [3.8, 4) is 0 Å². The first-order chi connectivity index (χ1) is 12.2. The van der Waals surface area contributed by atoms with Crippen LogP contribution in [0.4, 0.5) is 5.95 Å². The van der Waals surface area contributed by atoms with Gasteiger partial charge in [0, 0.05) is 19.6 Å². The number of morpholine rings is 1. The number of anilines is 1. The number of carbonyl (C=O) groups excluding carboxylic acids is 1. The van der Waals surface area contributed by atoms with Crippen LogP contribution in [0.1, 0.15) is 34.9 Å². The molecule has 0 saturated carbocycles. The summed E-state index contributed by atoms with van der Waals surface area (Å²) in [4.78, 5) is 25.8. The Balaban J connectivity index is 1.60.